The maximum absolute atomic E-state index is 12.6. The van der Waals surface area contributed by atoms with E-state index in [2.05, 4.69) is 15.0 Å². The van der Waals surface area contributed by atoms with Gasteiger partial charge in [-0.2, -0.15) is 0 Å². The van der Waals surface area contributed by atoms with Gasteiger partial charge in [0, 0.05) is 24.7 Å². The highest BCUT2D eigenvalue weighted by molar-refractivity contribution is 6.30. The van der Waals surface area contributed by atoms with E-state index in [0.717, 1.165) is 9.13 Å². The number of nitrogens with one attached hydrogen (secondary N) is 2. The molecule has 3 aromatic heterocycles. The maximum atomic E-state index is 12.6. The van der Waals surface area contributed by atoms with Gasteiger partial charge < -0.3 is 0 Å². The van der Waals surface area contributed by atoms with Gasteiger partial charge in [-0.3, -0.25) is 28.7 Å². The fourth-order valence-corrected chi connectivity index (χ4v) is 3.19. The van der Waals surface area contributed by atoms with E-state index in [1.165, 1.54) is 14.1 Å². The van der Waals surface area contributed by atoms with Crippen LogP contribution in [0.4, 0.5) is 0 Å². The number of hydrogen-bond acceptors (Lipinski definition) is 5. The van der Waals surface area contributed by atoms with Gasteiger partial charge in [0.25, 0.3) is 11.1 Å². The van der Waals surface area contributed by atoms with Gasteiger partial charge in [-0.1, -0.05) is 23.7 Å². The van der Waals surface area contributed by atoms with Crippen LogP contribution in [0.25, 0.3) is 33.2 Å². The first kappa shape index (κ1) is 17.0. The molecule has 9 nitrogen and oxygen atoms in total. The van der Waals surface area contributed by atoms with Crippen molar-refractivity contribution in [2.45, 2.75) is 0 Å². The summed E-state index contributed by atoms with van der Waals surface area (Å²) in [6.45, 7) is 0. The van der Waals surface area contributed by atoms with Gasteiger partial charge in [0.05, 0.1) is 10.8 Å². The fourth-order valence-electron chi connectivity index (χ4n) is 3.06. The van der Waals surface area contributed by atoms with E-state index in [0.29, 0.717) is 10.6 Å². The first-order valence-corrected chi connectivity index (χ1v) is 8.19. The van der Waals surface area contributed by atoms with Crippen LogP contribution >= 0.6 is 11.6 Å². The molecule has 4 rings (SSSR count). The smallest absolute Gasteiger partial charge is 0.281 e. The van der Waals surface area contributed by atoms with Crippen LogP contribution < -0.4 is 22.5 Å². The lowest BCUT2D eigenvalue weighted by Gasteiger charge is -2.13. The van der Waals surface area contributed by atoms with Crippen LogP contribution in [0.5, 0.6) is 0 Å². The molecule has 0 saturated heterocycles. The van der Waals surface area contributed by atoms with Gasteiger partial charge in [0.2, 0.25) is 0 Å². The third-order valence-corrected chi connectivity index (χ3v) is 4.68. The second kappa shape index (κ2) is 5.78. The largest absolute Gasteiger partial charge is 0.329 e. The van der Waals surface area contributed by atoms with Gasteiger partial charge >= 0.3 is 11.4 Å². The zero-order valence-corrected chi connectivity index (χ0v) is 14.9. The first-order valence-electron chi connectivity index (χ1n) is 7.81. The number of aryl methyl sites for hydroxylation is 2. The number of pyridine rings is 1. The molecule has 0 aliphatic carbocycles. The van der Waals surface area contributed by atoms with Gasteiger partial charge in [-0.05, 0) is 17.7 Å². The zero-order chi connectivity index (χ0) is 19.5. The van der Waals surface area contributed by atoms with Crippen LogP contribution in [0.2, 0.25) is 5.02 Å². The third-order valence-electron chi connectivity index (χ3n) is 4.43. The maximum Gasteiger partial charge on any atom is 0.329 e. The van der Waals surface area contributed by atoms with Gasteiger partial charge in [0.15, 0.2) is 11.3 Å². The van der Waals surface area contributed by atoms with Crippen molar-refractivity contribution in [2.75, 3.05) is 0 Å². The standard InChI is InChI=1S/C17H12ClN5O4/c1-22-12-10(14(24)20-16(22)26)9(7-3-5-8(18)6-4-7)11-13(19-12)23(2)17(27)21-15(11)25/h3-6H,1-2H3,(H,20,24,26)(H,21,25,27). The van der Waals surface area contributed by atoms with Gasteiger partial charge in [-0.25, -0.2) is 14.6 Å². The molecule has 0 radical (unpaired) electrons. The van der Waals surface area contributed by atoms with Crippen LogP contribution in [0, 0.1) is 0 Å². The number of aromatic amines is 2. The van der Waals surface area contributed by atoms with Crippen molar-refractivity contribution in [1.82, 2.24) is 24.1 Å². The molecule has 0 saturated carbocycles. The zero-order valence-electron chi connectivity index (χ0n) is 14.2. The second-order valence-corrected chi connectivity index (χ2v) is 6.46. The molecular weight excluding hydrogens is 374 g/mol. The molecule has 0 unspecified atom stereocenters. The molecule has 0 aliphatic rings. The predicted octanol–water partition coefficient (Wildman–Crippen LogP) is 0.482. The van der Waals surface area contributed by atoms with E-state index in [1.807, 2.05) is 0 Å². The molecule has 10 heteroatoms. The summed E-state index contributed by atoms with van der Waals surface area (Å²) in [5, 5.41) is 0.608. The van der Waals surface area contributed by atoms with Crippen molar-refractivity contribution in [3.8, 4) is 11.1 Å². The Hall–Kier alpha value is -3.46. The molecule has 0 bridgehead atoms. The summed E-state index contributed by atoms with van der Waals surface area (Å²) in [7, 11) is 2.88. The molecule has 0 amide bonds. The Labute approximate surface area is 154 Å². The lowest BCUT2D eigenvalue weighted by atomic mass is 10.00. The van der Waals surface area contributed by atoms with Crippen molar-refractivity contribution < 1.29 is 0 Å². The predicted molar refractivity (Wildman–Crippen MR) is 101 cm³/mol. The molecule has 0 aliphatic heterocycles. The Morgan fingerprint density at radius 2 is 1.26 bits per heavy atom. The normalized spacial score (nSPS) is 11.4. The van der Waals surface area contributed by atoms with E-state index in [1.54, 1.807) is 24.3 Å². The van der Waals surface area contributed by atoms with Crippen LogP contribution in [-0.2, 0) is 14.1 Å². The number of H-pyrrole nitrogens is 2. The average Bonchev–Trinajstić information content (AvgIpc) is 2.63. The van der Waals surface area contributed by atoms with Crippen LogP contribution in [0.15, 0.2) is 43.4 Å². The SMILES string of the molecule is Cn1c(=O)[nH]c(=O)c2c(-c3ccc(Cl)cc3)c3c(=O)[nH]c(=O)n(C)c3nc21. The first-order chi connectivity index (χ1) is 12.8. The van der Waals surface area contributed by atoms with Crippen molar-refractivity contribution in [2.24, 2.45) is 14.1 Å². The molecular formula is C17H12ClN5O4. The lowest BCUT2D eigenvalue weighted by Crippen LogP contribution is -2.32. The molecule has 4 aromatic rings. The summed E-state index contributed by atoms with van der Waals surface area (Å²) in [6.07, 6.45) is 0. The number of fused-ring (bicyclic) bond motifs is 2. The van der Waals surface area contributed by atoms with E-state index in [9.17, 15) is 19.2 Å². The van der Waals surface area contributed by atoms with Gasteiger partial charge in [-0.15, -0.1) is 0 Å². The van der Waals surface area contributed by atoms with E-state index >= 15 is 0 Å². The number of hydrogen-bond donors (Lipinski definition) is 2. The Kier molecular flexibility index (Phi) is 3.63. The quantitative estimate of drug-likeness (QED) is 0.461. The summed E-state index contributed by atoms with van der Waals surface area (Å²) in [5.41, 5.74) is -1.78. The van der Waals surface area contributed by atoms with Gasteiger partial charge in [0.1, 0.15) is 0 Å². The lowest BCUT2D eigenvalue weighted by molar-refractivity contribution is 0.810. The van der Waals surface area contributed by atoms with Crippen LogP contribution in [0.3, 0.4) is 0 Å². The minimum absolute atomic E-state index is 0.0572. The van der Waals surface area contributed by atoms with E-state index < -0.39 is 22.5 Å². The van der Waals surface area contributed by atoms with E-state index in [-0.39, 0.29) is 27.6 Å². The van der Waals surface area contributed by atoms with Crippen molar-refractivity contribution in [3.05, 3.63) is 71.0 Å². The second-order valence-electron chi connectivity index (χ2n) is 6.03. The molecule has 0 atom stereocenters. The van der Waals surface area contributed by atoms with Crippen LogP contribution in [0.1, 0.15) is 0 Å². The highest BCUT2D eigenvalue weighted by Crippen LogP contribution is 2.30. The average molecular weight is 386 g/mol. The van der Waals surface area contributed by atoms with Crippen molar-refractivity contribution in [1.29, 1.82) is 0 Å². The molecule has 3 heterocycles. The molecule has 1 aromatic carbocycles. The minimum atomic E-state index is -0.680. The Bertz CT molecular complexity index is 1390. The molecule has 27 heavy (non-hydrogen) atoms. The summed E-state index contributed by atoms with van der Waals surface area (Å²) < 4.78 is 2.31. The van der Waals surface area contributed by atoms with E-state index in [4.69, 9.17) is 11.6 Å². The number of nitrogens with zero attached hydrogens (tertiary/aromatic N) is 3. The summed E-state index contributed by atoms with van der Waals surface area (Å²) in [6, 6.07) is 6.51. The minimum Gasteiger partial charge on any atom is -0.281 e. The number of halogens is 1. The number of benzene rings is 1. The van der Waals surface area contributed by atoms with Crippen molar-refractivity contribution in [3.63, 3.8) is 0 Å². The summed E-state index contributed by atoms with van der Waals surface area (Å²) >= 11 is 5.95. The van der Waals surface area contributed by atoms with Crippen LogP contribution in [-0.4, -0.2) is 24.1 Å². The Morgan fingerprint density at radius 3 is 1.70 bits per heavy atom. The third kappa shape index (κ3) is 2.43. The molecule has 0 fully saturated rings. The highest BCUT2D eigenvalue weighted by atomic mass is 35.5. The highest BCUT2D eigenvalue weighted by Gasteiger charge is 2.21. The molecule has 2 N–H and O–H groups in total. The topological polar surface area (TPSA) is 123 Å². The molecule has 136 valence electrons. The summed E-state index contributed by atoms with van der Waals surface area (Å²) in [5.74, 6) is 0. The summed E-state index contributed by atoms with van der Waals surface area (Å²) in [4.78, 5) is 58.0. The monoisotopic (exact) mass is 385 g/mol. The fraction of sp³-hybridized carbons (Fsp3) is 0.118. The number of aromatic nitrogens is 5. The molecule has 0 spiro atoms. The number of rotatable bonds is 1. The Morgan fingerprint density at radius 1 is 0.815 bits per heavy atom. The Balaban J connectivity index is 2.43. The van der Waals surface area contributed by atoms with Crippen molar-refractivity contribution >= 4 is 33.7 Å².